The van der Waals surface area contributed by atoms with Gasteiger partial charge in [-0.2, -0.15) is 0 Å². The molecule has 3 rings (SSSR count). The highest BCUT2D eigenvalue weighted by Gasteiger charge is 2.41. The van der Waals surface area contributed by atoms with Crippen molar-refractivity contribution in [2.45, 2.75) is 145 Å². The van der Waals surface area contributed by atoms with Crippen molar-refractivity contribution in [2.24, 2.45) is 28.9 Å². The molecule has 1 heterocycles. The Balaban J connectivity index is 1.89. The minimum atomic E-state index is -2.00. The molecule has 0 bridgehead atoms. The predicted octanol–water partition coefficient (Wildman–Crippen LogP) is -4.15. The Labute approximate surface area is 459 Å². The van der Waals surface area contributed by atoms with Crippen LogP contribution in [0.15, 0.2) is 54.6 Å². The van der Waals surface area contributed by atoms with Crippen LogP contribution in [0.1, 0.15) is 89.2 Å². The minimum absolute atomic E-state index is 0.0165. The molecule has 438 valence electrons. The van der Waals surface area contributed by atoms with E-state index in [-0.39, 0.29) is 50.8 Å². The number of hydrogen-bond acceptors (Lipinski definition) is 16. The summed E-state index contributed by atoms with van der Waals surface area (Å²) in [5.41, 5.74) is 23.2. The van der Waals surface area contributed by atoms with E-state index in [0.29, 0.717) is 30.5 Å². The average Bonchev–Trinajstić information content (AvgIpc) is 3.88. The van der Waals surface area contributed by atoms with Crippen LogP contribution in [0, 0.1) is 5.92 Å². The fraction of sp³-hybridized carbons (Fsp3) is 0.510. The zero-order chi connectivity index (χ0) is 59.8. The van der Waals surface area contributed by atoms with Gasteiger partial charge >= 0.3 is 17.9 Å². The number of primary amides is 2. The third-order valence-corrected chi connectivity index (χ3v) is 12.5. The first-order chi connectivity index (χ1) is 37.7. The highest BCUT2D eigenvalue weighted by atomic mass is 16.4. The third kappa shape index (κ3) is 22.3. The van der Waals surface area contributed by atoms with Gasteiger partial charge in [-0.15, -0.1) is 0 Å². The number of aliphatic carboxylic acids is 3. The van der Waals surface area contributed by atoms with Gasteiger partial charge in [0.05, 0.1) is 31.7 Å². The van der Waals surface area contributed by atoms with Crippen molar-refractivity contribution in [2.75, 3.05) is 13.1 Å². The molecule has 0 spiro atoms. The molecule has 1 saturated heterocycles. The summed E-state index contributed by atoms with van der Waals surface area (Å²) in [4.78, 5) is 172. The monoisotopic (exact) mass is 1120 g/mol. The zero-order valence-corrected chi connectivity index (χ0v) is 44.2. The van der Waals surface area contributed by atoms with Crippen molar-refractivity contribution in [1.29, 1.82) is 0 Å². The highest BCUT2D eigenvalue weighted by molar-refractivity contribution is 6.00. The molecule has 1 aliphatic heterocycles. The first-order valence-electron chi connectivity index (χ1n) is 25.6. The molecule has 0 saturated carbocycles. The number of phenolic OH excluding ortho intramolecular Hbond substituents is 1. The smallest absolute Gasteiger partial charge is 0.326 e. The van der Waals surface area contributed by atoms with Gasteiger partial charge in [-0.3, -0.25) is 57.5 Å². The second-order valence-corrected chi connectivity index (χ2v) is 19.6. The Bertz CT molecular complexity index is 2550. The summed E-state index contributed by atoms with van der Waals surface area (Å²) in [6.07, 6.45) is -2.90. The maximum atomic E-state index is 14.3. The molecule has 29 nitrogen and oxygen atoms in total. The molecule has 0 radical (unpaired) electrons. The van der Waals surface area contributed by atoms with Crippen LogP contribution in [-0.2, 0) is 75.2 Å². The second kappa shape index (κ2) is 32.2. The standard InChI is InChI=1S/C51H72N12O17/c1-26(2)19-31(44(72)58-33(22-39(54)65)46(74)57-32(20-27-9-4-3-5-10-27)45(73)59-34(24-41(67)68)48(76)62-37(51(79)80)23-40(55)66)56-47(75)35(25-42(69)70)60-49(77)38-12-8-18-63(38)50(78)36(21-28-13-15-29(64)16-14-28)61-43(71)30(53)11-6-7-17-52/h3-5,9-10,13-16,26,30-38,64H,6-8,11-12,17-25,52-53H2,1-2H3,(H2,54,65)(H2,55,66)(H,56,75)(H,57,74)(H,58,72)(H,59,73)(H,60,77)(H,61,71)(H,62,76)(H,67,68)(H,69,70)(H,79,80)/t30-,31-,32-,33-,34-,35-,36-,37-,38-/m0/s1. The lowest BCUT2D eigenvalue weighted by atomic mass is 10.0. The average molecular weight is 1130 g/mol. The number of nitrogens with zero attached hydrogens (tertiary/aromatic N) is 1. The number of nitrogens with one attached hydrogen (secondary N) is 7. The van der Waals surface area contributed by atoms with Gasteiger partial charge in [0, 0.05) is 19.4 Å². The van der Waals surface area contributed by atoms with Crippen molar-refractivity contribution in [3.63, 3.8) is 0 Å². The number of carbonyl (C=O) groups is 13. The van der Waals surface area contributed by atoms with Crippen molar-refractivity contribution in [3.05, 3.63) is 65.7 Å². The minimum Gasteiger partial charge on any atom is -0.508 e. The molecule has 2 aromatic carbocycles. The van der Waals surface area contributed by atoms with Gasteiger partial charge in [0.2, 0.25) is 59.1 Å². The molecule has 0 aromatic heterocycles. The molecule has 1 fully saturated rings. The van der Waals surface area contributed by atoms with Crippen molar-refractivity contribution < 1.29 is 82.8 Å². The summed E-state index contributed by atoms with van der Waals surface area (Å²) in [6, 6.07) is -0.967. The SMILES string of the molecule is CC(C)C[C@H](NC(=O)[C@H](CC(=O)O)NC(=O)[C@@H]1CCCN1C(=O)[C@H](Cc1ccc(O)cc1)NC(=O)[C@@H](N)CCCCN)C(=O)N[C@@H](CC(N)=O)C(=O)N[C@@H](Cc1ccccc1)C(=O)N[C@@H](CC(=O)O)C(=O)N[C@@H](CC(N)=O)C(=O)O. The van der Waals surface area contributed by atoms with Crippen molar-refractivity contribution in [3.8, 4) is 5.75 Å². The van der Waals surface area contributed by atoms with Gasteiger partial charge < -0.3 is 85.5 Å². The van der Waals surface area contributed by atoms with Gasteiger partial charge in [0.25, 0.3) is 0 Å². The fourth-order valence-electron chi connectivity index (χ4n) is 8.46. The second-order valence-electron chi connectivity index (χ2n) is 19.6. The zero-order valence-electron chi connectivity index (χ0n) is 44.2. The van der Waals surface area contributed by atoms with Crippen LogP contribution >= 0.6 is 0 Å². The van der Waals surface area contributed by atoms with Crippen LogP contribution in [0.25, 0.3) is 0 Å². The van der Waals surface area contributed by atoms with E-state index in [2.05, 4.69) is 31.9 Å². The molecule has 9 atom stereocenters. The normalized spacial score (nSPS) is 15.9. The van der Waals surface area contributed by atoms with Crippen LogP contribution < -0.4 is 60.2 Å². The van der Waals surface area contributed by atoms with Gasteiger partial charge in [0.1, 0.15) is 54.1 Å². The van der Waals surface area contributed by atoms with E-state index >= 15 is 0 Å². The van der Waals surface area contributed by atoms with Crippen LogP contribution in [0.3, 0.4) is 0 Å². The van der Waals surface area contributed by atoms with Gasteiger partial charge in [-0.25, -0.2) is 4.79 Å². The largest absolute Gasteiger partial charge is 0.508 e. The lowest BCUT2D eigenvalue weighted by Gasteiger charge is -2.30. The van der Waals surface area contributed by atoms with E-state index in [4.69, 9.17) is 22.9 Å². The van der Waals surface area contributed by atoms with E-state index in [1.165, 1.54) is 41.3 Å². The van der Waals surface area contributed by atoms with Gasteiger partial charge in [-0.1, -0.05) is 62.7 Å². The van der Waals surface area contributed by atoms with Gasteiger partial charge in [-0.05, 0) is 67.8 Å². The number of benzene rings is 2. The summed E-state index contributed by atoms with van der Waals surface area (Å²) in [5, 5.41) is 55.0. The number of rotatable bonds is 34. The molecule has 0 aliphatic carbocycles. The van der Waals surface area contributed by atoms with Crippen LogP contribution in [0.4, 0.5) is 0 Å². The first kappa shape index (κ1) is 65.6. The quantitative estimate of drug-likeness (QED) is 0.0296. The number of carboxylic acids is 3. The number of nitrogens with two attached hydrogens (primary N) is 4. The first-order valence-corrected chi connectivity index (χ1v) is 25.6. The Kier molecular flexibility index (Phi) is 26.4. The fourth-order valence-corrected chi connectivity index (χ4v) is 8.46. The Morgan fingerprint density at radius 2 is 1.01 bits per heavy atom. The molecule has 80 heavy (non-hydrogen) atoms. The molecule has 2 aromatic rings. The summed E-state index contributed by atoms with van der Waals surface area (Å²) < 4.78 is 0. The number of amides is 10. The maximum absolute atomic E-state index is 14.3. The molecular formula is C51H72N12O17. The Morgan fingerprint density at radius 1 is 0.562 bits per heavy atom. The van der Waals surface area contributed by atoms with E-state index in [9.17, 15) is 82.8 Å². The topological polar surface area (TPSA) is 494 Å². The Morgan fingerprint density at radius 3 is 1.54 bits per heavy atom. The number of carboxylic acid groups (broad SMARTS) is 3. The number of likely N-dealkylation sites (tertiary alicyclic amines) is 1. The summed E-state index contributed by atoms with van der Waals surface area (Å²) in [5.74, 6) is -16.1. The number of unbranched alkanes of at least 4 members (excludes halogenated alkanes) is 1. The van der Waals surface area contributed by atoms with E-state index in [1.807, 2.05) is 5.32 Å². The summed E-state index contributed by atoms with van der Waals surface area (Å²) >= 11 is 0. The van der Waals surface area contributed by atoms with Crippen LogP contribution in [0.2, 0.25) is 0 Å². The summed E-state index contributed by atoms with van der Waals surface area (Å²) in [6.45, 7) is 3.67. The number of phenols is 1. The third-order valence-electron chi connectivity index (χ3n) is 12.5. The van der Waals surface area contributed by atoms with Crippen LogP contribution in [0.5, 0.6) is 5.75 Å². The maximum Gasteiger partial charge on any atom is 0.326 e. The van der Waals surface area contributed by atoms with E-state index in [0.717, 1.165) is 0 Å². The molecule has 10 amide bonds. The van der Waals surface area contributed by atoms with Crippen molar-refractivity contribution >= 4 is 77.0 Å². The molecule has 0 unspecified atom stereocenters. The van der Waals surface area contributed by atoms with Gasteiger partial charge in [0.15, 0.2) is 0 Å². The number of aromatic hydroxyl groups is 1. The lowest BCUT2D eigenvalue weighted by molar-refractivity contribution is -0.145. The summed E-state index contributed by atoms with van der Waals surface area (Å²) in [7, 11) is 0. The van der Waals surface area contributed by atoms with E-state index < -0.39 is 163 Å². The predicted molar refractivity (Wildman–Crippen MR) is 280 cm³/mol. The van der Waals surface area contributed by atoms with Crippen LogP contribution in [-0.4, -0.2) is 170 Å². The Hall–Kier alpha value is -8.73. The van der Waals surface area contributed by atoms with E-state index in [1.54, 1.807) is 32.0 Å². The molecular weight excluding hydrogens is 1050 g/mol. The molecule has 19 N–H and O–H groups in total. The lowest BCUT2D eigenvalue weighted by Crippen LogP contribution is -2.61. The molecule has 1 aliphatic rings. The highest BCUT2D eigenvalue weighted by Crippen LogP contribution is 2.22. The van der Waals surface area contributed by atoms with Crippen molar-refractivity contribution in [1.82, 2.24) is 42.1 Å². The number of carbonyl (C=O) groups excluding carboxylic acids is 10. The number of hydrogen-bond donors (Lipinski definition) is 15. The molecule has 29 heteroatoms.